The molecule has 0 saturated carbocycles. The third-order valence-corrected chi connectivity index (χ3v) is 1.56. The van der Waals surface area contributed by atoms with Crippen molar-refractivity contribution in [3.63, 3.8) is 0 Å². The highest BCUT2D eigenvalue weighted by Gasteiger charge is 2.08. The fourth-order valence-corrected chi connectivity index (χ4v) is 0.865. The SMILES string of the molecule is FC(CBr)c1ccco1. The van der Waals surface area contributed by atoms with Gasteiger partial charge in [-0.25, -0.2) is 4.39 Å². The summed E-state index contributed by atoms with van der Waals surface area (Å²) in [5.41, 5.74) is 0. The Kier molecular flexibility index (Phi) is 2.28. The molecule has 1 rings (SSSR count). The Morgan fingerprint density at radius 3 is 3.00 bits per heavy atom. The molecule has 1 nitrogen and oxygen atoms in total. The summed E-state index contributed by atoms with van der Waals surface area (Å²) in [6.45, 7) is 0. The van der Waals surface area contributed by atoms with E-state index in [0.717, 1.165) is 0 Å². The van der Waals surface area contributed by atoms with E-state index in [-0.39, 0.29) is 0 Å². The molecule has 1 atom stereocenters. The van der Waals surface area contributed by atoms with Crippen molar-refractivity contribution in [3.8, 4) is 0 Å². The van der Waals surface area contributed by atoms with E-state index >= 15 is 0 Å². The van der Waals surface area contributed by atoms with Crippen LogP contribution >= 0.6 is 15.9 Å². The molecule has 0 saturated heterocycles. The maximum atomic E-state index is 12.6. The highest BCUT2D eigenvalue weighted by atomic mass is 79.9. The molecule has 0 spiro atoms. The highest BCUT2D eigenvalue weighted by Crippen LogP contribution is 2.18. The van der Waals surface area contributed by atoms with E-state index < -0.39 is 6.17 Å². The average molecular weight is 193 g/mol. The molecule has 3 heteroatoms. The first-order valence-electron chi connectivity index (χ1n) is 2.58. The molecule has 1 aromatic heterocycles. The Morgan fingerprint density at radius 1 is 1.78 bits per heavy atom. The largest absolute Gasteiger partial charge is 0.466 e. The van der Waals surface area contributed by atoms with Crippen LogP contribution in [0.2, 0.25) is 0 Å². The first-order valence-corrected chi connectivity index (χ1v) is 3.70. The smallest absolute Gasteiger partial charge is 0.167 e. The third-order valence-electron chi connectivity index (χ3n) is 0.987. The number of rotatable bonds is 2. The van der Waals surface area contributed by atoms with Crippen LogP contribution in [0.1, 0.15) is 11.9 Å². The van der Waals surface area contributed by atoms with Gasteiger partial charge in [-0.3, -0.25) is 0 Å². The van der Waals surface area contributed by atoms with Crippen LogP contribution in [-0.2, 0) is 0 Å². The predicted octanol–water partition coefficient (Wildman–Crippen LogP) is 2.69. The van der Waals surface area contributed by atoms with Gasteiger partial charge in [0.1, 0.15) is 5.76 Å². The van der Waals surface area contributed by atoms with Gasteiger partial charge in [0.15, 0.2) is 6.17 Å². The number of hydrogen-bond acceptors (Lipinski definition) is 1. The molecule has 0 fully saturated rings. The molecule has 0 amide bonds. The van der Waals surface area contributed by atoms with Gasteiger partial charge in [0.2, 0.25) is 0 Å². The number of furan rings is 1. The summed E-state index contributed by atoms with van der Waals surface area (Å²) in [7, 11) is 0. The molecule has 0 aliphatic heterocycles. The minimum atomic E-state index is -1.01. The molecule has 9 heavy (non-hydrogen) atoms. The molecule has 1 heterocycles. The lowest BCUT2D eigenvalue weighted by Gasteiger charge is -1.95. The lowest BCUT2D eigenvalue weighted by atomic mass is 10.3. The summed E-state index contributed by atoms with van der Waals surface area (Å²) < 4.78 is 17.3. The maximum absolute atomic E-state index is 12.6. The molecular weight excluding hydrogens is 187 g/mol. The van der Waals surface area contributed by atoms with E-state index in [1.165, 1.54) is 6.26 Å². The Morgan fingerprint density at radius 2 is 2.56 bits per heavy atom. The van der Waals surface area contributed by atoms with Crippen molar-refractivity contribution in [2.24, 2.45) is 0 Å². The zero-order chi connectivity index (χ0) is 6.69. The second-order valence-electron chi connectivity index (χ2n) is 1.64. The Hall–Kier alpha value is -0.310. The van der Waals surface area contributed by atoms with Crippen LogP contribution in [0.15, 0.2) is 22.8 Å². The summed E-state index contributed by atoms with van der Waals surface area (Å²) in [5, 5.41) is 0.292. The van der Waals surface area contributed by atoms with E-state index in [1.807, 2.05) is 0 Å². The van der Waals surface area contributed by atoms with Gasteiger partial charge in [-0.05, 0) is 12.1 Å². The molecule has 0 bridgehead atoms. The van der Waals surface area contributed by atoms with Crippen LogP contribution < -0.4 is 0 Å². The highest BCUT2D eigenvalue weighted by molar-refractivity contribution is 9.09. The van der Waals surface area contributed by atoms with Gasteiger partial charge in [-0.15, -0.1) is 0 Å². The molecule has 50 valence electrons. The standard InChI is InChI=1S/C6H6BrFO/c7-4-5(8)6-2-1-3-9-6/h1-3,5H,4H2. The lowest BCUT2D eigenvalue weighted by Crippen LogP contribution is -1.87. The fourth-order valence-electron chi connectivity index (χ4n) is 0.546. The quantitative estimate of drug-likeness (QED) is 0.658. The van der Waals surface area contributed by atoms with Gasteiger partial charge >= 0.3 is 0 Å². The van der Waals surface area contributed by atoms with Gasteiger partial charge in [0.05, 0.1) is 6.26 Å². The van der Waals surface area contributed by atoms with Crippen LogP contribution in [0, 0.1) is 0 Å². The second-order valence-corrected chi connectivity index (χ2v) is 2.28. The molecule has 1 aromatic rings. The van der Waals surface area contributed by atoms with Crippen molar-refractivity contribution in [1.82, 2.24) is 0 Å². The number of hydrogen-bond donors (Lipinski definition) is 0. The van der Waals surface area contributed by atoms with E-state index in [1.54, 1.807) is 12.1 Å². The summed E-state index contributed by atoms with van der Waals surface area (Å²) in [5.74, 6) is 0.381. The molecule has 1 unspecified atom stereocenters. The summed E-state index contributed by atoms with van der Waals surface area (Å²) in [6.07, 6.45) is 0.449. The topological polar surface area (TPSA) is 13.1 Å². The minimum absolute atomic E-state index is 0.292. The van der Waals surface area contributed by atoms with Crippen molar-refractivity contribution in [2.75, 3.05) is 5.33 Å². The molecular formula is C6H6BrFO. The first-order chi connectivity index (χ1) is 4.34. The van der Waals surface area contributed by atoms with Crippen LogP contribution in [0.25, 0.3) is 0 Å². The molecule has 0 aromatic carbocycles. The zero-order valence-electron chi connectivity index (χ0n) is 4.68. The van der Waals surface area contributed by atoms with Crippen LogP contribution in [0.4, 0.5) is 4.39 Å². The molecule has 0 aliphatic carbocycles. The predicted molar refractivity (Wildman–Crippen MR) is 36.4 cm³/mol. The molecule has 0 N–H and O–H groups in total. The van der Waals surface area contributed by atoms with Crippen molar-refractivity contribution in [2.45, 2.75) is 6.17 Å². The zero-order valence-corrected chi connectivity index (χ0v) is 6.27. The van der Waals surface area contributed by atoms with Crippen LogP contribution in [0.3, 0.4) is 0 Å². The van der Waals surface area contributed by atoms with Crippen LogP contribution in [-0.4, -0.2) is 5.33 Å². The summed E-state index contributed by atoms with van der Waals surface area (Å²) in [6, 6.07) is 3.29. The van der Waals surface area contributed by atoms with E-state index in [2.05, 4.69) is 15.9 Å². The second kappa shape index (κ2) is 3.01. The van der Waals surface area contributed by atoms with Crippen molar-refractivity contribution >= 4 is 15.9 Å². The normalized spacial score (nSPS) is 13.6. The van der Waals surface area contributed by atoms with Crippen molar-refractivity contribution in [3.05, 3.63) is 24.2 Å². The number of halogens is 2. The Balaban J connectivity index is 2.65. The minimum Gasteiger partial charge on any atom is -0.466 e. The van der Waals surface area contributed by atoms with Crippen molar-refractivity contribution in [1.29, 1.82) is 0 Å². The van der Waals surface area contributed by atoms with Gasteiger partial charge in [0.25, 0.3) is 0 Å². The maximum Gasteiger partial charge on any atom is 0.167 e. The summed E-state index contributed by atoms with van der Waals surface area (Å²) >= 11 is 3.00. The third kappa shape index (κ3) is 1.55. The lowest BCUT2D eigenvalue weighted by molar-refractivity contribution is 0.316. The van der Waals surface area contributed by atoms with Gasteiger partial charge < -0.3 is 4.42 Å². The Bertz CT molecular complexity index is 162. The fraction of sp³-hybridized carbons (Fsp3) is 0.333. The van der Waals surface area contributed by atoms with E-state index in [0.29, 0.717) is 11.1 Å². The van der Waals surface area contributed by atoms with E-state index in [9.17, 15) is 4.39 Å². The number of alkyl halides is 2. The van der Waals surface area contributed by atoms with E-state index in [4.69, 9.17) is 4.42 Å². The Labute approximate surface area is 61.0 Å². The molecule has 0 radical (unpaired) electrons. The first kappa shape index (κ1) is 6.81. The van der Waals surface area contributed by atoms with Crippen molar-refractivity contribution < 1.29 is 8.81 Å². The monoisotopic (exact) mass is 192 g/mol. The molecule has 0 aliphatic rings. The van der Waals surface area contributed by atoms with Gasteiger partial charge in [-0.2, -0.15) is 0 Å². The summed E-state index contributed by atoms with van der Waals surface area (Å²) in [4.78, 5) is 0. The van der Waals surface area contributed by atoms with Gasteiger partial charge in [0, 0.05) is 5.33 Å². The van der Waals surface area contributed by atoms with Crippen LogP contribution in [0.5, 0.6) is 0 Å². The average Bonchev–Trinajstić information content (AvgIpc) is 2.37. The van der Waals surface area contributed by atoms with Gasteiger partial charge in [-0.1, -0.05) is 15.9 Å².